The lowest BCUT2D eigenvalue weighted by molar-refractivity contribution is 0.0520. The van der Waals surface area contributed by atoms with Crippen molar-refractivity contribution < 1.29 is 5.11 Å². The van der Waals surface area contributed by atoms with Gasteiger partial charge in [-0.2, -0.15) is 0 Å². The Balaban J connectivity index is 2.58. The number of hydrogen-bond donors (Lipinski definition) is 2. The Morgan fingerprint density at radius 1 is 1.57 bits per heavy atom. The number of piperidine rings is 1. The lowest BCUT2D eigenvalue weighted by Crippen LogP contribution is -2.59. The van der Waals surface area contributed by atoms with Gasteiger partial charge in [0.05, 0.1) is 12.1 Å². The summed E-state index contributed by atoms with van der Waals surface area (Å²) in [5.41, 5.74) is -0.0539. The van der Waals surface area contributed by atoms with Crippen LogP contribution in [-0.2, 0) is 0 Å². The predicted octanol–water partition coefficient (Wildman–Crippen LogP) is 0.831. The summed E-state index contributed by atoms with van der Waals surface area (Å²) < 4.78 is 0. The maximum atomic E-state index is 9.42. The van der Waals surface area contributed by atoms with E-state index in [0.717, 1.165) is 13.0 Å². The van der Waals surface area contributed by atoms with Crippen LogP contribution in [0.4, 0.5) is 0 Å². The quantitative estimate of drug-likeness (QED) is 0.705. The zero-order valence-corrected chi connectivity index (χ0v) is 9.71. The summed E-state index contributed by atoms with van der Waals surface area (Å²) in [6, 6.07) is 0.634. The summed E-state index contributed by atoms with van der Waals surface area (Å²) >= 11 is 0. The van der Waals surface area contributed by atoms with E-state index in [2.05, 4.69) is 24.1 Å². The monoisotopic (exact) mass is 200 g/mol. The number of nitrogens with one attached hydrogen (secondary N) is 1. The van der Waals surface area contributed by atoms with Crippen LogP contribution < -0.4 is 5.32 Å². The average Bonchev–Trinajstić information content (AvgIpc) is 2.28. The van der Waals surface area contributed by atoms with Crippen molar-refractivity contribution in [1.29, 1.82) is 0 Å². The largest absolute Gasteiger partial charge is 0.394 e. The molecule has 0 amide bonds. The van der Waals surface area contributed by atoms with Crippen LogP contribution in [0.3, 0.4) is 0 Å². The zero-order valence-electron chi connectivity index (χ0n) is 9.71. The number of hydrogen-bond acceptors (Lipinski definition) is 3. The average molecular weight is 200 g/mol. The third-order valence-electron chi connectivity index (χ3n) is 3.65. The first-order chi connectivity index (χ1) is 6.67. The number of likely N-dealkylation sites (tertiary alicyclic amines) is 1. The van der Waals surface area contributed by atoms with Crippen molar-refractivity contribution in [3.05, 3.63) is 0 Å². The molecule has 0 aromatic heterocycles. The Morgan fingerprint density at radius 2 is 2.29 bits per heavy atom. The zero-order chi connectivity index (χ0) is 10.6. The number of likely N-dealkylation sites (N-methyl/N-ethyl adjacent to an activating group) is 1. The SMILES string of the molecule is CCC(C)N1CCCC(CO)(NC)C1. The minimum Gasteiger partial charge on any atom is -0.394 e. The smallest absolute Gasteiger partial charge is 0.0625 e. The van der Waals surface area contributed by atoms with Crippen LogP contribution in [0.1, 0.15) is 33.1 Å². The summed E-state index contributed by atoms with van der Waals surface area (Å²) in [5.74, 6) is 0. The summed E-state index contributed by atoms with van der Waals surface area (Å²) in [5, 5.41) is 12.7. The van der Waals surface area contributed by atoms with E-state index in [9.17, 15) is 5.11 Å². The van der Waals surface area contributed by atoms with E-state index < -0.39 is 0 Å². The van der Waals surface area contributed by atoms with Crippen molar-refractivity contribution in [1.82, 2.24) is 10.2 Å². The molecule has 1 saturated heterocycles. The van der Waals surface area contributed by atoms with E-state index in [1.807, 2.05) is 7.05 Å². The first kappa shape index (κ1) is 12.0. The topological polar surface area (TPSA) is 35.5 Å². The van der Waals surface area contributed by atoms with Crippen LogP contribution in [-0.4, -0.2) is 48.3 Å². The van der Waals surface area contributed by atoms with Gasteiger partial charge in [0.15, 0.2) is 0 Å². The number of rotatable bonds is 4. The molecule has 3 nitrogen and oxygen atoms in total. The predicted molar refractivity (Wildman–Crippen MR) is 59.4 cm³/mol. The summed E-state index contributed by atoms with van der Waals surface area (Å²) in [6.45, 7) is 6.90. The van der Waals surface area contributed by atoms with Gasteiger partial charge >= 0.3 is 0 Å². The van der Waals surface area contributed by atoms with E-state index in [4.69, 9.17) is 0 Å². The van der Waals surface area contributed by atoms with Crippen LogP contribution in [0.25, 0.3) is 0 Å². The molecule has 0 radical (unpaired) electrons. The fraction of sp³-hybridized carbons (Fsp3) is 1.00. The van der Waals surface area contributed by atoms with E-state index in [1.54, 1.807) is 0 Å². The molecule has 2 atom stereocenters. The van der Waals surface area contributed by atoms with Crippen LogP contribution in [0.5, 0.6) is 0 Å². The molecule has 0 aliphatic carbocycles. The molecule has 14 heavy (non-hydrogen) atoms. The lowest BCUT2D eigenvalue weighted by atomic mass is 9.89. The Bertz CT molecular complexity index is 169. The van der Waals surface area contributed by atoms with Gasteiger partial charge in [-0.25, -0.2) is 0 Å². The molecule has 1 aliphatic rings. The lowest BCUT2D eigenvalue weighted by Gasteiger charge is -2.44. The molecule has 0 aromatic rings. The second-order valence-corrected chi connectivity index (χ2v) is 4.52. The fourth-order valence-electron chi connectivity index (χ4n) is 2.21. The van der Waals surface area contributed by atoms with Gasteiger partial charge in [0.1, 0.15) is 0 Å². The van der Waals surface area contributed by atoms with Gasteiger partial charge < -0.3 is 10.4 Å². The molecule has 1 aliphatic heterocycles. The second-order valence-electron chi connectivity index (χ2n) is 4.52. The molecule has 1 fully saturated rings. The fourth-order valence-corrected chi connectivity index (χ4v) is 2.21. The van der Waals surface area contributed by atoms with E-state index >= 15 is 0 Å². The molecule has 0 spiro atoms. The van der Waals surface area contributed by atoms with Gasteiger partial charge in [-0.3, -0.25) is 4.90 Å². The standard InChI is InChI=1S/C11H24N2O/c1-4-10(2)13-7-5-6-11(8-13,9-14)12-3/h10,12,14H,4-9H2,1-3H3. The molecule has 0 aromatic carbocycles. The molecule has 0 saturated carbocycles. The first-order valence-electron chi connectivity index (χ1n) is 5.71. The van der Waals surface area contributed by atoms with Crippen LogP contribution in [0.15, 0.2) is 0 Å². The number of nitrogens with zero attached hydrogens (tertiary/aromatic N) is 1. The highest BCUT2D eigenvalue weighted by Gasteiger charge is 2.34. The molecule has 1 heterocycles. The normalized spacial score (nSPS) is 31.7. The van der Waals surface area contributed by atoms with E-state index in [-0.39, 0.29) is 12.1 Å². The van der Waals surface area contributed by atoms with Crippen molar-refractivity contribution in [3.63, 3.8) is 0 Å². The van der Waals surface area contributed by atoms with Crippen molar-refractivity contribution in [2.75, 3.05) is 26.7 Å². The molecule has 84 valence electrons. The molecule has 1 rings (SSSR count). The molecule has 3 heteroatoms. The van der Waals surface area contributed by atoms with Gasteiger partial charge in [-0.1, -0.05) is 6.92 Å². The van der Waals surface area contributed by atoms with Crippen molar-refractivity contribution in [2.24, 2.45) is 0 Å². The minimum absolute atomic E-state index is 0.0539. The highest BCUT2D eigenvalue weighted by Crippen LogP contribution is 2.22. The third-order valence-corrected chi connectivity index (χ3v) is 3.65. The van der Waals surface area contributed by atoms with E-state index in [1.165, 1.54) is 19.4 Å². The van der Waals surface area contributed by atoms with Crippen molar-refractivity contribution >= 4 is 0 Å². The van der Waals surface area contributed by atoms with Crippen molar-refractivity contribution in [3.8, 4) is 0 Å². The highest BCUT2D eigenvalue weighted by atomic mass is 16.3. The Hall–Kier alpha value is -0.120. The first-order valence-corrected chi connectivity index (χ1v) is 5.71. The maximum Gasteiger partial charge on any atom is 0.0625 e. The van der Waals surface area contributed by atoms with Gasteiger partial charge in [0, 0.05) is 12.6 Å². The van der Waals surface area contributed by atoms with Gasteiger partial charge in [0.2, 0.25) is 0 Å². The van der Waals surface area contributed by atoms with Gasteiger partial charge in [-0.15, -0.1) is 0 Å². The minimum atomic E-state index is -0.0539. The molecular weight excluding hydrogens is 176 g/mol. The second kappa shape index (κ2) is 5.10. The maximum absolute atomic E-state index is 9.42. The number of aliphatic hydroxyl groups is 1. The summed E-state index contributed by atoms with van der Waals surface area (Å²) in [4.78, 5) is 2.48. The van der Waals surface area contributed by atoms with Crippen molar-refractivity contribution in [2.45, 2.75) is 44.7 Å². The molecule has 0 bridgehead atoms. The summed E-state index contributed by atoms with van der Waals surface area (Å²) in [7, 11) is 1.95. The molecule has 2 N–H and O–H groups in total. The van der Waals surface area contributed by atoms with Gasteiger partial charge in [0.25, 0.3) is 0 Å². The Labute approximate surface area is 87.5 Å². The highest BCUT2D eigenvalue weighted by molar-refractivity contribution is 4.94. The molecular formula is C11H24N2O. The third kappa shape index (κ3) is 2.47. The molecule has 2 unspecified atom stereocenters. The van der Waals surface area contributed by atoms with Crippen LogP contribution >= 0.6 is 0 Å². The number of aliphatic hydroxyl groups excluding tert-OH is 1. The van der Waals surface area contributed by atoms with Crippen LogP contribution in [0, 0.1) is 0 Å². The van der Waals surface area contributed by atoms with Gasteiger partial charge in [-0.05, 0) is 39.8 Å². The van der Waals surface area contributed by atoms with E-state index in [0.29, 0.717) is 6.04 Å². The Morgan fingerprint density at radius 3 is 2.79 bits per heavy atom. The Kier molecular flexibility index (Phi) is 4.35. The van der Waals surface area contributed by atoms with Crippen LogP contribution in [0.2, 0.25) is 0 Å². The summed E-state index contributed by atoms with van der Waals surface area (Å²) in [6.07, 6.45) is 3.46.